The minimum Gasteiger partial charge on any atom is -0.325 e. The first-order chi connectivity index (χ1) is 15.1. The highest BCUT2D eigenvalue weighted by Crippen LogP contribution is 2.23. The molecular weight excluding hydrogens is 430 g/mol. The molecule has 162 valence electrons. The van der Waals surface area contributed by atoms with Crippen LogP contribution in [0.4, 0.5) is 5.69 Å². The van der Waals surface area contributed by atoms with E-state index in [4.69, 9.17) is 11.6 Å². The van der Waals surface area contributed by atoms with Gasteiger partial charge in [-0.05, 0) is 56.1 Å². The molecule has 0 saturated carbocycles. The number of aryl methyl sites for hydroxylation is 1. The lowest BCUT2D eigenvalue weighted by Crippen LogP contribution is -2.22. The number of nitrogens with one attached hydrogen (secondary N) is 1. The Morgan fingerprint density at radius 1 is 1.10 bits per heavy atom. The van der Waals surface area contributed by atoms with Crippen molar-refractivity contribution >= 4 is 35.0 Å². The maximum Gasteiger partial charge on any atom is 0.234 e. The zero-order chi connectivity index (χ0) is 21.6. The van der Waals surface area contributed by atoms with E-state index < -0.39 is 0 Å². The number of carbonyl (C=O) groups is 1. The number of anilines is 1. The zero-order valence-electron chi connectivity index (χ0n) is 17.6. The van der Waals surface area contributed by atoms with Gasteiger partial charge in [0.05, 0.1) is 18.8 Å². The number of hydrogen-bond acceptors (Lipinski definition) is 5. The number of benzene rings is 2. The summed E-state index contributed by atoms with van der Waals surface area (Å²) in [4.78, 5) is 14.9. The van der Waals surface area contributed by atoms with Gasteiger partial charge in [-0.2, -0.15) is 0 Å². The molecule has 0 aliphatic carbocycles. The van der Waals surface area contributed by atoms with Crippen LogP contribution in [-0.4, -0.2) is 44.4 Å². The average Bonchev–Trinajstić information content (AvgIpc) is 3.41. The van der Waals surface area contributed by atoms with Gasteiger partial charge in [-0.1, -0.05) is 59.8 Å². The van der Waals surface area contributed by atoms with Gasteiger partial charge in [0.2, 0.25) is 5.91 Å². The van der Waals surface area contributed by atoms with E-state index in [0.29, 0.717) is 17.3 Å². The predicted octanol–water partition coefficient (Wildman–Crippen LogP) is 4.61. The Morgan fingerprint density at radius 2 is 1.87 bits per heavy atom. The lowest BCUT2D eigenvalue weighted by molar-refractivity contribution is -0.113. The second-order valence-electron chi connectivity index (χ2n) is 7.75. The second-order valence-corrected chi connectivity index (χ2v) is 9.10. The van der Waals surface area contributed by atoms with E-state index in [9.17, 15) is 4.79 Å². The number of hydrogen-bond donors (Lipinski definition) is 1. The molecule has 1 aliphatic heterocycles. The van der Waals surface area contributed by atoms with Crippen LogP contribution in [0.15, 0.2) is 53.7 Å². The number of halogens is 1. The van der Waals surface area contributed by atoms with Crippen molar-refractivity contribution in [3.05, 3.63) is 70.5 Å². The first-order valence-corrected chi connectivity index (χ1v) is 11.8. The van der Waals surface area contributed by atoms with Gasteiger partial charge < -0.3 is 9.88 Å². The molecular formula is C23H26ClN5OS. The summed E-state index contributed by atoms with van der Waals surface area (Å²) in [6.07, 6.45) is 2.47. The average molecular weight is 456 g/mol. The third-order valence-corrected chi connectivity index (χ3v) is 6.70. The minimum atomic E-state index is -0.0970. The fourth-order valence-corrected chi connectivity index (χ4v) is 4.54. The van der Waals surface area contributed by atoms with Crippen LogP contribution >= 0.6 is 23.4 Å². The fourth-order valence-electron chi connectivity index (χ4n) is 3.61. The monoisotopic (exact) mass is 455 g/mol. The molecule has 1 fully saturated rings. The molecule has 0 bridgehead atoms. The van der Waals surface area contributed by atoms with Gasteiger partial charge >= 0.3 is 0 Å². The molecule has 2 aromatic carbocycles. The first-order valence-electron chi connectivity index (χ1n) is 10.5. The maximum atomic E-state index is 12.5. The topological polar surface area (TPSA) is 63.1 Å². The normalized spacial score (nSPS) is 14.1. The van der Waals surface area contributed by atoms with Gasteiger partial charge in [0.1, 0.15) is 5.82 Å². The van der Waals surface area contributed by atoms with Crippen molar-refractivity contribution < 1.29 is 4.79 Å². The molecule has 1 aromatic heterocycles. The van der Waals surface area contributed by atoms with Gasteiger partial charge in [0.25, 0.3) is 0 Å². The number of amides is 1. The number of thioether (sulfide) groups is 1. The Kier molecular flexibility index (Phi) is 7.27. The van der Waals surface area contributed by atoms with Crippen molar-refractivity contribution in [3.63, 3.8) is 0 Å². The predicted molar refractivity (Wildman–Crippen MR) is 126 cm³/mol. The van der Waals surface area contributed by atoms with Crippen LogP contribution in [0, 0.1) is 6.92 Å². The second kappa shape index (κ2) is 10.3. The maximum absolute atomic E-state index is 12.5. The highest BCUT2D eigenvalue weighted by molar-refractivity contribution is 7.99. The Labute approximate surface area is 192 Å². The molecule has 0 unspecified atom stereocenters. The summed E-state index contributed by atoms with van der Waals surface area (Å²) >= 11 is 7.56. The first kappa shape index (κ1) is 21.9. The van der Waals surface area contributed by atoms with Gasteiger partial charge in [0, 0.05) is 10.7 Å². The highest BCUT2D eigenvalue weighted by Gasteiger charge is 2.19. The van der Waals surface area contributed by atoms with Crippen LogP contribution < -0.4 is 5.32 Å². The Morgan fingerprint density at radius 3 is 2.61 bits per heavy atom. The number of carbonyl (C=O) groups excluding carboxylic acids is 1. The number of aromatic nitrogens is 3. The quantitative estimate of drug-likeness (QED) is 0.502. The molecule has 1 aliphatic rings. The van der Waals surface area contributed by atoms with Gasteiger partial charge in [-0.3, -0.25) is 9.69 Å². The summed E-state index contributed by atoms with van der Waals surface area (Å²) in [5.74, 6) is 1.10. The van der Waals surface area contributed by atoms with Gasteiger partial charge in [-0.15, -0.1) is 10.2 Å². The highest BCUT2D eigenvalue weighted by atomic mass is 35.5. The zero-order valence-corrected chi connectivity index (χ0v) is 19.1. The summed E-state index contributed by atoms with van der Waals surface area (Å²) in [6, 6.07) is 15.8. The SMILES string of the molecule is Cc1ccc(NC(=O)CSc2nnc(CN3CCCC3)n2Cc2ccccc2)cc1Cl. The van der Waals surface area contributed by atoms with Crippen LogP contribution in [0.25, 0.3) is 0 Å². The molecule has 6 nitrogen and oxygen atoms in total. The van der Waals surface area contributed by atoms with Crippen LogP contribution in [0.2, 0.25) is 5.02 Å². The standard InChI is InChI=1S/C23H26ClN5OS/c1-17-9-10-19(13-20(17)24)25-22(30)16-31-23-27-26-21(15-28-11-5-6-12-28)29(23)14-18-7-3-2-4-8-18/h2-4,7-10,13H,5-6,11-12,14-16H2,1H3,(H,25,30). The molecule has 1 amide bonds. The van der Waals surface area contributed by atoms with E-state index in [1.807, 2.05) is 37.3 Å². The molecule has 2 heterocycles. The molecule has 31 heavy (non-hydrogen) atoms. The molecule has 0 radical (unpaired) electrons. The molecule has 1 saturated heterocycles. The van der Waals surface area contributed by atoms with E-state index in [1.165, 1.54) is 30.2 Å². The summed E-state index contributed by atoms with van der Waals surface area (Å²) in [6.45, 7) is 5.61. The minimum absolute atomic E-state index is 0.0970. The summed E-state index contributed by atoms with van der Waals surface area (Å²) in [7, 11) is 0. The lowest BCUT2D eigenvalue weighted by atomic mass is 10.2. The van der Waals surface area contributed by atoms with Crippen molar-refractivity contribution in [3.8, 4) is 0 Å². The molecule has 1 N–H and O–H groups in total. The number of likely N-dealkylation sites (tertiary alicyclic amines) is 1. The molecule has 0 spiro atoms. The Bertz CT molecular complexity index is 1030. The third-order valence-electron chi connectivity index (χ3n) is 5.33. The van der Waals surface area contributed by atoms with Crippen molar-refractivity contribution in [2.45, 2.75) is 38.0 Å². The van der Waals surface area contributed by atoms with E-state index in [0.717, 1.165) is 36.2 Å². The van der Waals surface area contributed by atoms with E-state index in [-0.39, 0.29) is 11.7 Å². The summed E-state index contributed by atoms with van der Waals surface area (Å²) in [5.41, 5.74) is 2.86. The van der Waals surface area contributed by atoms with E-state index >= 15 is 0 Å². The molecule has 0 atom stereocenters. The molecule has 4 rings (SSSR count). The third kappa shape index (κ3) is 5.87. The fraction of sp³-hybridized carbons (Fsp3) is 0.348. The van der Waals surface area contributed by atoms with Gasteiger partial charge in [0.15, 0.2) is 5.16 Å². The van der Waals surface area contributed by atoms with Crippen molar-refractivity contribution in [2.75, 3.05) is 24.2 Å². The van der Waals surface area contributed by atoms with Crippen LogP contribution in [-0.2, 0) is 17.9 Å². The largest absolute Gasteiger partial charge is 0.325 e. The summed E-state index contributed by atoms with van der Waals surface area (Å²) < 4.78 is 2.13. The smallest absolute Gasteiger partial charge is 0.234 e. The Hall–Kier alpha value is -2.35. The van der Waals surface area contributed by atoms with E-state index in [2.05, 4.69) is 37.1 Å². The van der Waals surface area contributed by atoms with Crippen molar-refractivity contribution in [1.82, 2.24) is 19.7 Å². The molecule has 8 heteroatoms. The lowest BCUT2D eigenvalue weighted by Gasteiger charge is -2.16. The van der Waals surface area contributed by atoms with Crippen LogP contribution in [0.1, 0.15) is 29.8 Å². The van der Waals surface area contributed by atoms with Crippen molar-refractivity contribution in [2.24, 2.45) is 0 Å². The molecule has 3 aromatic rings. The summed E-state index contributed by atoms with van der Waals surface area (Å²) in [5, 5.41) is 13.2. The van der Waals surface area contributed by atoms with Gasteiger partial charge in [-0.25, -0.2) is 0 Å². The Balaban J connectivity index is 1.45. The number of nitrogens with zero attached hydrogens (tertiary/aromatic N) is 4. The van der Waals surface area contributed by atoms with Crippen molar-refractivity contribution in [1.29, 1.82) is 0 Å². The van der Waals surface area contributed by atoms with Crippen LogP contribution in [0.5, 0.6) is 0 Å². The number of rotatable bonds is 8. The van der Waals surface area contributed by atoms with Crippen LogP contribution in [0.3, 0.4) is 0 Å². The van der Waals surface area contributed by atoms with E-state index in [1.54, 1.807) is 6.07 Å².